The molecule has 0 bridgehead atoms. The van der Waals surface area contributed by atoms with Gasteiger partial charge in [-0.05, 0) is 49.2 Å². The van der Waals surface area contributed by atoms with Crippen molar-refractivity contribution in [1.82, 2.24) is 20.4 Å². The van der Waals surface area contributed by atoms with Gasteiger partial charge in [0, 0.05) is 5.56 Å². The molecular weight excluding hydrogens is 749 g/mol. The smallest absolute Gasteiger partial charge is 0.335 e. The molecule has 55 heavy (non-hydrogen) atoms. The maximum Gasteiger partial charge on any atom is 0.335 e. The Morgan fingerprint density at radius 2 is 1.05 bits per heavy atom. The number of carbonyl (C=O) groups is 2. The lowest BCUT2D eigenvalue weighted by molar-refractivity contribution is 0.0695. The number of nitrogen functional groups attached to an aromatic ring is 1. The number of nitrogens with one attached hydrogen (secondary N) is 1. The second kappa shape index (κ2) is 20.7. The summed E-state index contributed by atoms with van der Waals surface area (Å²) in [5.41, 5.74) is 7.67. The Balaban J connectivity index is 0.000000212. The van der Waals surface area contributed by atoms with Crippen LogP contribution >= 0.6 is 22.7 Å². The summed E-state index contributed by atoms with van der Waals surface area (Å²) in [6.45, 7) is 4.37. The predicted molar refractivity (Wildman–Crippen MR) is 209 cm³/mol. The minimum atomic E-state index is -1.05. The number of rotatable bonds is 13. The van der Waals surface area contributed by atoms with Crippen LogP contribution in [0.3, 0.4) is 0 Å². The SMILES string of the molecule is COc1cc(C(=O)Nc2nnc(C)s2)cc(OC)c1OCc1ccccc1.COc1cc(C(=O)O)cc(OC)c1OCc1ccccc1.Cc1nnc(N)s1. The molecule has 0 fully saturated rings. The summed E-state index contributed by atoms with van der Waals surface area (Å²) in [6, 6.07) is 25.4. The Kier molecular flexibility index (Phi) is 15.5. The third-order valence-electron chi connectivity index (χ3n) is 7.17. The number of amides is 1. The maximum atomic E-state index is 12.5. The summed E-state index contributed by atoms with van der Waals surface area (Å²) >= 11 is 2.70. The van der Waals surface area contributed by atoms with Crippen LogP contribution in [0.4, 0.5) is 10.3 Å². The van der Waals surface area contributed by atoms with E-state index < -0.39 is 5.97 Å². The van der Waals surface area contributed by atoms with E-state index in [1.54, 1.807) is 12.1 Å². The van der Waals surface area contributed by atoms with Gasteiger partial charge in [0.1, 0.15) is 23.2 Å². The van der Waals surface area contributed by atoms with E-state index in [1.165, 1.54) is 63.2 Å². The molecule has 0 aliphatic rings. The highest BCUT2D eigenvalue weighted by Gasteiger charge is 2.20. The number of anilines is 2. The molecule has 4 aromatic carbocycles. The van der Waals surface area contributed by atoms with Crippen LogP contribution in [0, 0.1) is 13.8 Å². The van der Waals surface area contributed by atoms with Gasteiger partial charge in [0.15, 0.2) is 23.0 Å². The molecule has 6 aromatic rings. The van der Waals surface area contributed by atoms with Crippen LogP contribution < -0.4 is 39.5 Å². The van der Waals surface area contributed by atoms with Gasteiger partial charge in [-0.3, -0.25) is 10.1 Å². The van der Waals surface area contributed by atoms with E-state index in [1.807, 2.05) is 74.5 Å². The number of nitrogens with two attached hydrogens (primary N) is 1. The molecule has 0 aliphatic carbocycles. The zero-order valence-electron chi connectivity index (χ0n) is 30.9. The van der Waals surface area contributed by atoms with Crippen LogP contribution in [0.1, 0.15) is 41.9 Å². The summed E-state index contributed by atoms with van der Waals surface area (Å²) in [6.07, 6.45) is 0. The highest BCUT2D eigenvalue weighted by molar-refractivity contribution is 7.15. The lowest BCUT2D eigenvalue weighted by Gasteiger charge is -2.16. The highest BCUT2D eigenvalue weighted by atomic mass is 32.1. The van der Waals surface area contributed by atoms with Crippen molar-refractivity contribution in [2.45, 2.75) is 27.1 Å². The third kappa shape index (κ3) is 12.3. The minimum Gasteiger partial charge on any atom is -0.493 e. The Morgan fingerprint density at radius 3 is 1.38 bits per heavy atom. The summed E-state index contributed by atoms with van der Waals surface area (Å²) in [7, 11) is 5.94. The number of nitrogens with zero attached hydrogens (tertiary/aromatic N) is 4. The van der Waals surface area contributed by atoms with Crippen molar-refractivity contribution in [3.63, 3.8) is 0 Å². The van der Waals surface area contributed by atoms with Gasteiger partial charge in [-0.2, -0.15) is 0 Å². The van der Waals surface area contributed by atoms with Gasteiger partial charge in [0.25, 0.3) is 5.91 Å². The molecular formula is C38H40N6O9S2. The third-order valence-corrected chi connectivity index (χ3v) is 8.59. The molecule has 6 rings (SSSR count). The van der Waals surface area contributed by atoms with E-state index in [9.17, 15) is 9.59 Å². The lowest BCUT2D eigenvalue weighted by atomic mass is 10.1. The molecule has 0 atom stereocenters. The van der Waals surface area contributed by atoms with E-state index >= 15 is 0 Å². The van der Waals surface area contributed by atoms with Gasteiger partial charge in [0.05, 0.1) is 34.0 Å². The van der Waals surface area contributed by atoms with Crippen LogP contribution in [-0.2, 0) is 13.2 Å². The predicted octanol–water partition coefficient (Wildman–Crippen LogP) is 7.10. The summed E-state index contributed by atoms with van der Waals surface area (Å²) < 4.78 is 32.8. The van der Waals surface area contributed by atoms with Crippen LogP contribution in [0.25, 0.3) is 0 Å². The summed E-state index contributed by atoms with van der Waals surface area (Å²) in [5, 5.41) is 29.4. The molecule has 17 heteroatoms. The van der Waals surface area contributed by atoms with E-state index in [2.05, 4.69) is 25.7 Å². The quantitative estimate of drug-likeness (QED) is 0.107. The summed E-state index contributed by atoms with van der Waals surface area (Å²) in [4.78, 5) is 23.6. The second-order valence-corrected chi connectivity index (χ2v) is 13.4. The Bertz CT molecular complexity index is 2080. The van der Waals surface area contributed by atoms with Crippen LogP contribution in [0.2, 0.25) is 0 Å². The monoisotopic (exact) mass is 788 g/mol. The minimum absolute atomic E-state index is 0.0794. The first-order valence-corrected chi connectivity index (χ1v) is 17.9. The molecule has 0 radical (unpaired) electrons. The number of carboxylic acids is 1. The van der Waals surface area contributed by atoms with Crippen LogP contribution in [0.15, 0.2) is 84.9 Å². The fourth-order valence-corrected chi connectivity index (χ4v) is 5.64. The Labute approximate surface area is 325 Å². The van der Waals surface area contributed by atoms with Crippen LogP contribution in [0.5, 0.6) is 34.5 Å². The standard InChI is InChI=1S/C19H19N3O4S.C16H16O5.C3H5N3S/c1-12-21-22-19(27-12)20-18(23)14-9-15(24-2)17(16(10-14)25-3)26-11-13-7-5-4-6-8-13;1-19-13-8-12(16(17)18)9-14(20-2)15(13)21-10-11-6-4-3-5-7-11;1-2-5-6-3(4)7-2/h4-10H,11H2,1-3H3,(H,20,22,23);3-9H,10H2,1-2H3,(H,17,18);1H3,(H2,4,6). The second-order valence-electron chi connectivity index (χ2n) is 11.0. The van der Waals surface area contributed by atoms with Crippen molar-refractivity contribution in [2.75, 3.05) is 39.5 Å². The molecule has 0 spiro atoms. The number of aromatic carboxylic acids is 1. The van der Waals surface area contributed by atoms with Gasteiger partial charge in [0.2, 0.25) is 21.8 Å². The number of carbonyl (C=O) groups excluding carboxylic acids is 1. The zero-order valence-corrected chi connectivity index (χ0v) is 32.5. The van der Waals surface area contributed by atoms with Crippen molar-refractivity contribution < 1.29 is 43.1 Å². The van der Waals surface area contributed by atoms with Crippen LogP contribution in [-0.4, -0.2) is 65.8 Å². The molecule has 15 nitrogen and oxygen atoms in total. The number of hydrogen-bond donors (Lipinski definition) is 3. The van der Waals surface area contributed by atoms with Crippen molar-refractivity contribution >= 4 is 44.8 Å². The number of benzene rings is 4. The Hall–Kier alpha value is -6.46. The van der Waals surface area contributed by atoms with Crippen molar-refractivity contribution in [3.05, 3.63) is 117 Å². The number of aromatic nitrogens is 4. The normalized spacial score (nSPS) is 10.1. The molecule has 288 valence electrons. The average molecular weight is 789 g/mol. The van der Waals surface area contributed by atoms with Crippen molar-refractivity contribution in [3.8, 4) is 34.5 Å². The first-order valence-electron chi connectivity index (χ1n) is 16.3. The molecule has 0 saturated carbocycles. The number of carboxylic acid groups (broad SMARTS) is 1. The fraction of sp³-hybridized carbons (Fsp3) is 0.211. The topological polar surface area (TPSA) is 199 Å². The molecule has 0 aliphatic heterocycles. The first-order chi connectivity index (χ1) is 26.5. The van der Waals surface area contributed by atoms with Gasteiger partial charge < -0.3 is 39.3 Å². The van der Waals surface area contributed by atoms with E-state index in [4.69, 9.17) is 39.3 Å². The van der Waals surface area contributed by atoms with E-state index in [0.29, 0.717) is 63.5 Å². The first kappa shape index (κ1) is 41.3. The zero-order chi connectivity index (χ0) is 39.7. The van der Waals surface area contributed by atoms with Gasteiger partial charge in [-0.15, -0.1) is 20.4 Å². The van der Waals surface area contributed by atoms with E-state index in [0.717, 1.165) is 21.1 Å². The number of aryl methyl sites for hydroxylation is 2. The van der Waals surface area contributed by atoms with Gasteiger partial charge in [-0.1, -0.05) is 83.3 Å². The highest BCUT2D eigenvalue weighted by Crippen LogP contribution is 2.40. The van der Waals surface area contributed by atoms with Crippen molar-refractivity contribution in [2.24, 2.45) is 0 Å². The number of ether oxygens (including phenoxy) is 6. The van der Waals surface area contributed by atoms with Gasteiger partial charge in [-0.25, -0.2) is 4.79 Å². The van der Waals surface area contributed by atoms with Crippen molar-refractivity contribution in [1.29, 1.82) is 0 Å². The average Bonchev–Trinajstić information content (AvgIpc) is 3.81. The Morgan fingerprint density at radius 1 is 0.636 bits per heavy atom. The maximum absolute atomic E-state index is 12.5. The van der Waals surface area contributed by atoms with Gasteiger partial charge >= 0.3 is 5.97 Å². The number of hydrogen-bond acceptors (Lipinski definition) is 15. The molecule has 0 unspecified atom stereocenters. The molecule has 0 saturated heterocycles. The van der Waals surface area contributed by atoms with E-state index in [-0.39, 0.29) is 11.5 Å². The molecule has 2 heterocycles. The lowest BCUT2D eigenvalue weighted by Crippen LogP contribution is -2.12. The number of methoxy groups -OCH3 is 4. The molecule has 2 aromatic heterocycles. The molecule has 1 amide bonds. The fourth-order valence-electron chi connectivity index (χ4n) is 4.59. The summed E-state index contributed by atoms with van der Waals surface area (Å²) in [5.74, 6) is 0.887. The largest absolute Gasteiger partial charge is 0.493 e. The molecule has 4 N–H and O–H groups in total.